The van der Waals surface area contributed by atoms with E-state index in [9.17, 15) is 19.2 Å². The molecule has 1 atom stereocenters. The summed E-state index contributed by atoms with van der Waals surface area (Å²) in [6.07, 6.45) is 0. The summed E-state index contributed by atoms with van der Waals surface area (Å²) in [5.74, 6) is -0.615. The lowest BCUT2D eigenvalue weighted by atomic mass is 10.1. The van der Waals surface area contributed by atoms with Gasteiger partial charge in [0.25, 0.3) is 5.91 Å². The molecule has 2 aromatic heterocycles. The summed E-state index contributed by atoms with van der Waals surface area (Å²) in [4.78, 5) is 51.7. The number of hydrogen-bond donors (Lipinski definition) is 2. The predicted octanol–water partition coefficient (Wildman–Crippen LogP) is 4.81. The van der Waals surface area contributed by atoms with Crippen LogP contribution in [0.1, 0.15) is 52.2 Å². The molecule has 0 radical (unpaired) electrons. The van der Waals surface area contributed by atoms with Gasteiger partial charge >= 0.3 is 11.9 Å². The third kappa shape index (κ3) is 8.68. The van der Waals surface area contributed by atoms with Crippen LogP contribution in [0.15, 0.2) is 59.8 Å². The van der Waals surface area contributed by atoms with Crippen molar-refractivity contribution in [2.24, 2.45) is 0 Å². The van der Waals surface area contributed by atoms with Crippen LogP contribution in [0.5, 0.6) is 11.5 Å². The van der Waals surface area contributed by atoms with E-state index in [1.165, 1.54) is 7.11 Å². The van der Waals surface area contributed by atoms with Crippen LogP contribution < -0.4 is 20.1 Å². The van der Waals surface area contributed by atoms with Crippen LogP contribution in [-0.4, -0.2) is 70.7 Å². The molecule has 0 saturated heterocycles. The van der Waals surface area contributed by atoms with E-state index in [-0.39, 0.29) is 47.7 Å². The number of hydrogen-bond acceptors (Lipinski definition) is 12. The first-order chi connectivity index (χ1) is 22.7. The average Bonchev–Trinajstić information content (AvgIpc) is 3.62. The Bertz CT molecular complexity index is 1720. The van der Waals surface area contributed by atoms with Crippen LogP contribution in [-0.2, 0) is 25.6 Å². The number of carbonyl (C=O) groups excluding carboxylic acids is 4. The van der Waals surface area contributed by atoms with Crippen molar-refractivity contribution in [2.45, 2.75) is 44.6 Å². The molecule has 0 unspecified atom stereocenters. The minimum atomic E-state index is -0.752. The highest BCUT2D eigenvalue weighted by atomic mass is 32.2. The number of nitrogens with one attached hydrogen (secondary N) is 2. The largest absolute Gasteiger partial charge is 0.495 e. The molecule has 47 heavy (non-hydrogen) atoms. The minimum absolute atomic E-state index is 0.0111. The first-order valence-electron chi connectivity index (χ1n) is 14.7. The maximum absolute atomic E-state index is 13.5. The summed E-state index contributed by atoms with van der Waals surface area (Å²) in [6.45, 7) is 6.70. The van der Waals surface area contributed by atoms with Crippen LogP contribution in [0.3, 0.4) is 0 Å². The zero-order valence-corrected chi connectivity index (χ0v) is 28.2. The molecule has 0 fully saturated rings. The Morgan fingerprint density at radius 2 is 1.64 bits per heavy atom. The van der Waals surface area contributed by atoms with Gasteiger partial charge in [-0.25, -0.2) is 9.59 Å². The van der Waals surface area contributed by atoms with E-state index in [0.29, 0.717) is 33.7 Å². The van der Waals surface area contributed by atoms with Gasteiger partial charge in [-0.05, 0) is 57.5 Å². The van der Waals surface area contributed by atoms with Crippen molar-refractivity contribution in [3.8, 4) is 17.2 Å². The molecule has 0 aliphatic carbocycles. The standard InChI is InChI=1S/C32H35N5O8S2/c1-6-43-30(40)26-19(3)27(31(41)44-7-2)47-29(26)34-28(39)20(4)46-32-36-35-24(37(32)22-15-11-12-16-23(22)42-5)17-33-25(38)18-45-21-13-9-8-10-14-21/h8-16,20H,6-7,17-18H2,1-5H3,(H,33,38)(H,34,39)/t20-/m1/s1. The normalized spacial score (nSPS) is 11.3. The van der Waals surface area contributed by atoms with Gasteiger partial charge in [-0.3, -0.25) is 14.2 Å². The van der Waals surface area contributed by atoms with Crippen molar-refractivity contribution in [2.75, 3.05) is 32.2 Å². The Balaban J connectivity index is 1.56. The fourth-order valence-electron chi connectivity index (χ4n) is 4.31. The van der Waals surface area contributed by atoms with Crippen LogP contribution in [0.25, 0.3) is 5.69 Å². The number of para-hydroxylation sites is 3. The van der Waals surface area contributed by atoms with Gasteiger partial charge in [0, 0.05) is 0 Å². The van der Waals surface area contributed by atoms with E-state index in [1.807, 2.05) is 30.3 Å². The van der Waals surface area contributed by atoms with Crippen molar-refractivity contribution < 1.29 is 38.1 Å². The van der Waals surface area contributed by atoms with E-state index in [2.05, 4.69) is 20.8 Å². The van der Waals surface area contributed by atoms with E-state index in [1.54, 1.807) is 56.5 Å². The molecule has 2 N–H and O–H groups in total. The number of carbonyl (C=O) groups is 4. The average molecular weight is 682 g/mol. The van der Waals surface area contributed by atoms with E-state index >= 15 is 0 Å². The molecule has 4 rings (SSSR count). The Hall–Kier alpha value is -4.89. The van der Waals surface area contributed by atoms with Gasteiger partial charge < -0.3 is 29.6 Å². The number of amides is 2. The van der Waals surface area contributed by atoms with Crippen molar-refractivity contribution in [3.63, 3.8) is 0 Å². The van der Waals surface area contributed by atoms with Crippen LogP contribution in [0.2, 0.25) is 0 Å². The number of anilines is 1. The smallest absolute Gasteiger partial charge is 0.348 e. The topological polar surface area (TPSA) is 160 Å². The number of ether oxygens (including phenoxy) is 4. The van der Waals surface area contributed by atoms with E-state index in [4.69, 9.17) is 18.9 Å². The predicted molar refractivity (Wildman–Crippen MR) is 177 cm³/mol. The molecule has 0 spiro atoms. The van der Waals surface area contributed by atoms with Crippen LogP contribution >= 0.6 is 23.1 Å². The molecule has 13 nitrogen and oxygen atoms in total. The fourth-order valence-corrected chi connectivity index (χ4v) is 6.28. The summed E-state index contributed by atoms with van der Waals surface area (Å²) in [5.41, 5.74) is 1.05. The summed E-state index contributed by atoms with van der Waals surface area (Å²) in [7, 11) is 1.53. The third-order valence-corrected chi connectivity index (χ3v) is 8.79. The van der Waals surface area contributed by atoms with Crippen molar-refractivity contribution >= 4 is 51.9 Å². The number of thioether (sulfide) groups is 1. The molecule has 2 aromatic carbocycles. The molecule has 4 aromatic rings. The van der Waals surface area contributed by atoms with E-state index < -0.39 is 23.1 Å². The molecule has 2 amide bonds. The summed E-state index contributed by atoms with van der Waals surface area (Å²) >= 11 is 2.05. The SMILES string of the molecule is CCOC(=O)c1sc(NC(=O)[C@@H](C)Sc2nnc(CNC(=O)COc3ccccc3)n2-c2ccccc2OC)c(C(=O)OCC)c1C. The molecule has 248 valence electrons. The van der Waals surface area contributed by atoms with E-state index in [0.717, 1.165) is 23.1 Å². The summed E-state index contributed by atoms with van der Waals surface area (Å²) in [5, 5.41) is 14.0. The summed E-state index contributed by atoms with van der Waals surface area (Å²) < 4.78 is 23.1. The van der Waals surface area contributed by atoms with Crippen molar-refractivity contribution in [1.29, 1.82) is 0 Å². The molecule has 0 saturated carbocycles. The second-order valence-electron chi connectivity index (χ2n) is 9.74. The lowest BCUT2D eigenvalue weighted by molar-refractivity contribution is -0.123. The van der Waals surface area contributed by atoms with Crippen molar-refractivity contribution in [1.82, 2.24) is 20.1 Å². The fraction of sp³-hybridized carbons (Fsp3) is 0.312. The molecule has 2 heterocycles. The quantitative estimate of drug-likeness (QED) is 0.131. The maximum atomic E-state index is 13.5. The first kappa shape index (κ1) is 35.0. The zero-order valence-electron chi connectivity index (χ0n) is 26.5. The highest BCUT2D eigenvalue weighted by Crippen LogP contribution is 2.36. The molecule has 0 aliphatic rings. The highest BCUT2D eigenvalue weighted by Gasteiger charge is 2.29. The Morgan fingerprint density at radius 1 is 0.957 bits per heavy atom. The molecular formula is C32H35N5O8S2. The maximum Gasteiger partial charge on any atom is 0.348 e. The lowest BCUT2D eigenvalue weighted by Crippen LogP contribution is -2.29. The van der Waals surface area contributed by atoms with Crippen LogP contribution in [0.4, 0.5) is 5.00 Å². The van der Waals surface area contributed by atoms with Gasteiger partial charge in [0.05, 0.1) is 43.4 Å². The van der Waals surface area contributed by atoms with Gasteiger partial charge in [-0.15, -0.1) is 21.5 Å². The van der Waals surface area contributed by atoms with Gasteiger partial charge in [0.15, 0.2) is 17.6 Å². The van der Waals surface area contributed by atoms with Gasteiger partial charge in [0.1, 0.15) is 21.4 Å². The third-order valence-electron chi connectivity index (χ3n) is 6.56. The minimum Gasteiger partial charge on any atom is -0.495 e. The number of benzene rings is 2. The second-order valence-corrected chi connectivity index (χ2v) is 12.1. The Labute approximate surface area is 280 Å². The Kier molecular flexibility index (Phi) is 12.4. The molecule has 0 aliphatic heterocycles. The van der Waals surface area contributed by atoms with Crippen molar-refractivity contribution in [3.05, 3.63) is 76.4 Å². The molecule has 15 heteroatoms. The monoisotopic (exact) mass is 681 g/mol. The molecular weight excluding hydrogens is 647 g/mol. The number of nitrogens with zero attached hydrogens (tertiary/aromatic N) is 3. The number of thiophene rings is 1. The number of methoxy groups -OCH3 is 1. The van der Waals surface area contributed by atoms with Gasteiger partial charge in [0.2, 0.25) is 5.91 Å². The lowest BCUT2D eigenvalue weighted by Gasteiger charge is -2.16. The van der Waals surface area contributed by atoms with Crippen LogP contribution in [0, 0.1) is 6.92 Å². The molecule has 0 bridgehead atoms. The Morgan fingerprint density at radius 3 is 2.34 bits per heavy atom. The second kappa shape index (κ2) is 16.6. The first-order valence-corrected chi connectivity index (χ1v) is 16.3. The number of rotatable bonds is 15. The zero-order chi connectivity index (χ0) is 33.9. The highest BCUT2D eigenvalue weighted by molar-refractivity contribution is 8.00. The van der Waals surface area contributed by atoms with Gasteiger partial charge in [-0.1, -0.05) is 42.1 Å². The van der Waals surface area contributed by atoms with Gasteiger partial charge in [-0.2, -0.15) is 0 Å². The number of esters is 2. The number of aromatic nitrogens is 3. The summed E-state index contributed by atoms with van der Waals surface area (Å²) in [6, 6.07) is 16.2.